The molecule has 1 aliphatic rings. The van der Waals surface area contributed by atoms with E-state index in [0.717, 1.165) is 16.7 Å². The standard InChI is InChI=1S/C24H23NO3/c1-2-28-23(27)24(14-9-15-25)21(19-12-7-4-8-13-19)16-20(17-22(24)26)18-10-5-3-6-11-18/h3-8,10-13,17,21H,2,9,14,16H2,1H3. The minimum atomic E-state index is -1.37. The van der Waals surface area contributed by atoms with Crippen LogP contribution in [0.2, 0.25) is 0 Å². The fraction of sp³-hybridized carbons (Fsp3) is 0.292. The van der Waals surface area contributed by atoms with Crippen LogP contribution in [0.3, 0.4) is 0 Å². The molecule has 28 heavy (non-hydrogen) atoms. The molecule has 0 amide bonds. The van der Waals surface area contributed by atoms with Gasteiger partial charge in [-0.05, 0) is 42.5 Å². The van der Waals surface area contributed by atoms with Gasteiger partial charge in [0.05, 0.1) is 12.7 Å². The Labute approximate surface area is 165 Å². The predicted molar refractivity (Wildman–Crippen MR) is 107 cm³/mol. The van der Waals surface area contributed by atoms with Gasteiger partial charge in [-0.1, -0.05) is 60.7 Å². The van der Waals surface area contributed by atoms with Crippen LogP contribution in [0.15, 0.2) is 66.7 Å². The Morgan fingerprint density at radius 2 is 1.79 bits per heavy atom. The van der Waals surface area contributed by atoms with E-state index in [-0.39, 0.29) is 31.1 Å². The number of esters is 1. The van der Waals surface area contributed by atoms with E-state index in [1.165, 1.54) is 0 Å². The van der Waals surface area contributed by atoms with Crippen molar-refractivity contribution in [3.8, 4) is 6.07 Å². The quantitative estimate of drug-likeness (QED) is 0.545. The van der Waals surface area contributed by atoms with Crippen molar-refractivity contribution in [2.45, 2.75) is 32.1 Å². The first-order chi connectivity index (χ1) is 13.6. The van der Waals surface area contributed by atoms with Gasteiger partial charge in [0.15, 0.2) is 5.78 Å². The van der Waals surface area contributed by atoms with E-state index in [0.29, 0.717) is 6.42 Å². The lowest BCUT2D eigenvalue weighted by Gasteiger charge is -2.40. The van der Waals surface area contributed by atoms with Gasteiger partial charge in [-0.3, -0.25) is 9.59 Å². The van der Waals surface area contributed by atoms with Crippen LogP contribution in [0.25, 0.3) is 5.57 Å². The molecule has 0 radical (unpaired) electrons. The molecule has 4 heteroatoms. The number of nitrogens with zero attached hydrogens (tertiary/aromatic N) is 1. The summed E-state index contributed by atoms with van der Waals surface area (Å²) < 4.78 is 5.35. The highest BCUT2D eigenvalue weighted by Gasteiger charge is 2.54. The fourth-order valence-corrected chi connectivity index (χ4v) is 4.01. The summed E-state index contributed by atoms with van der Waals surface area (Å²) in [5.74, 6) is -1.19. The van der Waals surface area contributed by atoms with Crippen LogP contribution in [0, 0.1) is 16.7 Å². The molecular weight excluding hydrogens is 350 g/mol. The van der Waals surface area contributed by atoms with E-state index in [1.807, 2.05) is 60.7 Å². The Balaban J connectivity index is 2.16. The van der Waals surface area contributed by atoms with Gasteiger partial charge >= 0.3 is 5.97 Å². The van der Waals surface area contributed by atoms with Crippen molar-refractivity contribution >= 4 is 17.3 Å². The third-order valence-corrected chi connectivity index (χ3v) is 5.38. The Kier molecular flexibility index (Phi) is 6.06. The van der Waals surface area contributed by atoms with Crippen LogP contribution in [-0.4, -0.2) is 18.4 Å². The Morgan fingerprint density at radius 1 is 1.14 bits per heavy atom. The average molecular weight is 373 g/mol. The molecule has 4 nitrogen and oxygen atoms in total. The molecule has 0 fully saturated rings. The molecule has 0 aliphatic heterocycles. The highest BCUT2D eigenvalue weighted by atomic mass is 16.5. The largest absolute Gasteiger partial charge is 0.465 e. The van der Waals surface area contributed by atoms with Gasteiger partial charge in [-0.25, -0.2) is 0 Å². The summed E-state index contributed by atoms with van der Waals surface area (Å²) in [5, 5.41) is 9.17. The number of carbonyl (C=O) groups excluding carboxylic acids is 2. The minimum absolute atomic E-state index is 0.113. The first-order valence-corrected chi connectivity index (χ1v) is 9.53. The van der Waals surface area contributed by atoms with Crippen LogP contribution in [-0.2, 0) is 14.3 Å². The third kappa shape index (κ3) is 3.61. The minimum Gasteiger partial charge on any atom is -0.465 e. The number of allylic oxidation sites excluding steroid dienone is 2. The number of nitriles is 1. The van der Waals surface area contributed by atoms with Gasteiger partial charge in [-0.15, -0.1) is 0 Å². The van der Waals surface area contributed by atoms with E-state index in [1.54, 1.807) is 13.0 Å². The molecule has 0 N–H and O–H groups in total. The van der Waals surface area contributed by atoms with Gasteiger partial charge in [0, 0.05) is 12.3 Å². The number of ketones is 1. The molecule has 0 saturated carbocycles. The van der Waals surface area contributed by atoms with Crippen LogP contribution < -0.4 is 0 Å². The van der Waals surface area contributed by atoms with Crippen LogP contribution >= 0.6 is 0 Å². The average Bonchev–Trinajstić information content (AvgIpc) is 2.74. The summed E-state index contributed by atoms with van der Waals surface area (Å²) in [6, 6.07) is 21.4. The molecule has 142 valence electrons. The summed E-state index contributed by atoms with van der Waals surface area (Å²) in [5.41, 5.74) is 1.40. The van der Waals surface area contributed by atoms with Gasteiger partial charge in [0.2, 0.25) is 0 Å². The number of hydrogen-bond donors (Lipinski definition) is 0. The SMILES string of the molecule is CCOC(=O)C1(CCC#N)C(=O)C=C(c2ccccc2)CC1c1ccccc1. The van der Waals surface area contributed by atoms with Gasteiger partial charge in [0.1, 0.15) is 5.41 Å². The van der Waals surface area contributed by atoms with Crippen LogP contribution in [0.5, 0.6) is 0 Å². The topological polar surface area (TPSA) is 67.2 Å². The number of rotatable bonds is 6. The lowest BCUT2D eigenvalue weighted by molar-refractivity contribution is -0.161. The maximum atomic E-state index is 13.4. The Morgan fingerprint density at radius 3 is 2.39 bits per heavy atom. The molecule has 0 heterocycles. The molecule has 1 aliphatic carbocycles. The monoisotopic (exact) mass is 373 g/mol. The molecule has 0 aromatic heterocycles. The van der Waals surface area contributed by atoms with Crippen molar-refractivity contribution in [3.05, 3.63) is 77.9 Å². The summed E-state index contributed by atoms with van der Waals surface area (Å²) in [7, 11) is 0. The predicted octanol–water partition coefficient (Wildman–Crippen LogP) is 4.68. The third-order valence-electron chi connectivity index (χ3n) is 5.38. The second kappa shape index (κ2) is 8.67. The van der Waals surface area contributed by atoms with E-state index in [2.05, 4.69) is 6.07 Å². The Bertz CT molecular complexity index is 912. The lowest BCUT2D eigenvalue weighted by Crippen LogP contribution is -2.47. The molecule has 2 aromatic rings. The fourth-order valence-electron chi connectivity index (χ4n) is 4.01. The van der Waals surface area contributed by atoms with E-state index < -0.39 is 11.4 Å². The van der Waals surface area contributed by atoms with E-state index in [4.69, 9.17) is 10.00 Å². The zero-order chi connectivity index (χ0) is 20.0. The van der Waals surface area contributed by atoms with Gasteiger partial charge in [-0.2, -0.15) is 5.26 Å². The van der Waals surface area contributed by atoms with Crippen molar-refractivity contribution < 1.29 is 14.3 Å². The highest BCUT2D eigenvalue weighted by Crippen LogP contribution is 2.50. The summed E-state index contributed by atoms with van der Waals surface area (Å²) >= 11 is 0. The molecule has 0 spiro atoms. The van der Waals surface area contributed by atoms with Crippen molar-refractivity contribution in [3.63, 3.8) is 0 Å². The van der Waals surface area contributed by atoms with Crippen molar-refractivity contribution in [2.75, 3.05) is 6.61 Å². The molecule has 2 unspecified atom stereocenters. The lowest BCUT2D eigenvalue weighted by atomic mass is 9.61. The van der Waals surface area contributed by atoms with Crippen LogP contribution in [0.4, 0.5) is 0 Å². The second-order valence-electron chi connectivity index (χ2n) is 6.92. The summed E-state index contributed by atoms with van der Waals surface area (Å²) in [4.78, 5) is 26.5. The maximum Gasteiger partial charge on any atom is 0.320 e. The smallest absolute Gasteiger partial charge is 0.320 e. The number of carbonyl (C=O) groups is 2. The van der Waals surface area contributed by atoms with Crippen molar-refractivity contribution in [2.24, 2.45) is 5.41 Å². The maximum absolute atomic E-state index is 13.4. The highest BCUT2D eigenvalue weighted by molar-refractivity contribution is 6.14. The summed E-state index contributed by atoms with van der Waals surface area (Å²) in [6.45, 7) is 1.92. The molecule has 2 atom stereocenters. The Hall–Kier alpha value is -3.19. The van der Waals surface area contributed by atoms with Crippen molar-refractivity contribution in [1.82, 2.24) is 0 Å². The van der Waals surface area contributed by atoms with Gasteiger partial charge in [0.25, 0.3) is 0 Å². The molecular formula is C24H23NO3. The van der Waals surface area contributed by atoms with Crippen LogP contribution in [0.1, 0.15) is 43.2 Å². The summed E-state index contributed by atoms with van der Waals surface area (Å²) in [6.07, 6.45) is 2.37. The molecule has 0 saturated heterocycles. The number of hydrogen-bond acceptors (Lipinski definition) is 4. The molecule has 0 bridgehead atoms. The van der Waals surface area contributed by atoms with Gasteiger partial charge < -0.3 is 4.74 Å². The van der Waals surface area contributed by atoms with E-state index >= 15 is 0 Å². The second-order valence-corrected chi connectivity index (χ2v) is 6.92. The first-order valence-electron chi connectivity index (χ1n) is 9.53. The number of ether oxygens (including phenoxy) is 1. The zero-order valence-electron chi connectivity index (χ0n) is 15.9. The molecule has 2 aromatic carbocycles. The first kappa shape index (κ1) is 19.6. The zero-order valence-corrected chi connectivity index (χ0v) is 15.9. The number of benzene rings is 2. The van der Waals surface area contributed by atoms with E-state index in [9.17, 15) is 9.59 Å². The van der Waals surface area contributed by atoms with Crippen molar-refractivity contribution in [1.29, 1.82) is 5.26 Å². The normalized spacial score (nSPS) is 21.5. The molecule has 3 rings (SSSR count).